The maximum atomic E-state index is 14.6. The van der Waals surface area contributed by atoms with Gasteiger partial charge in [0.1, 0.15) is 17.6 Å². The van der Waals surface area contributed by atoms with Crippen LogP contribution in [0.1, 0.15) is 79.7 Å². The van der Waals surface area contributed by atoms with Crippen LogP contribution >= 0.6 is 0 Å². The molecule has 294 valence electrons. The van der Waals surface area contributed by atoms with Crippen LogP contribution in [0.15, 0.2) is 30.3 Å². The first kappa shape index (κ1) is 44.8. The van der Waals surface area contributed by atoms with Gasteiger partial charge >= 0.3 is 5.97 Å². The summed E-state index contributed by atoms with van der Waals surface area (Å²) in [4.78, 5) is 70.0. The molecule has 2 rings (SSSR count). The van der Waals surface area contributed by atoms with Crippen molar-refractivity contribution in [1.82, 2.24) is 20.9 Å². The Bertz CT molecular complexity index is 1330. The number of nitrogens with one attached hydrogen (secondary N) is 3. The van der Waals surface area contributed by atoms with Crippen LogP contribution in [0.3, 0.4) is 0 Å². The van der Waals surface area contributed by atoms with Crippen LogP contribution in [0.4, 0.5) is 0 Å². The van der Waals surface area contributed by atoms with Gasteiger partial charge in [0.25, 0.3) is 0 Å². The van der Waals surface area contributed by atoms with Gasteiger partial charge in [0.15, 0.2) is 5.78 Å². The van der Waals surface area contributed by atoms with E-state index in [1.54, 1.807) is 32.7 Å². The largest absolute Gasteiger partial charge is 0.467 e. The number of hydrogen-bond acceptors (Lipinski definition) is 10. The number of benzene rings is 1. The molecule has 0 aromatic heterocycles. The van der Waals surface area contributed by atoms with E-state index in [-0.39, 0.29) is 48.8 Å². The lowest BCUT2D eigenvalue weighted by Gasteiger charge is -2.42. The van der Waals surface area contributed by atoms with Crippen molar-refractivity contribution < 1.29 is 38.2 Å². The second-order valence-electron chi connectivity index (χ2n) is 15.2. The summed E-state index contributed by atoms with van der Waals surface area (Å²) in [5.41, 5.74) is 4.60. The molecule has 8 atom stereocenters. The number of rotatable bonds is 21. The van der Waals surface area contributed by atoms with Crippen LogP contribution < -0.4 is 21.7 Å². The fourth-order valence-electron chi connectivity index (χ4n) is 7.12. The van der Waals surface area contributed by atoms with Gasteiger partial charge in [-0.1, -0.05) is 71.4 Å². The molecular formula is C39H65N5O8. The second kappa shape index (κ2) is 20.2. The Morgan fingerprint density at radius 2 is 1.63 bits per heavy atom. The molecule has 0 aliphatic carbocycles. The van der Waals surface area contributed by atoms with Gasteiger partial charge in [0.05, 0.1) is 36.7 Å². The fourth-order valence-corrected chi connectivity index (χ4v) is 7.12. The van der Waals surface area contributed by atoms with Crippen LogP contribution in [0.25, 0.3) is 0 Å². The average molecular weight is 732 g/mol. The summed E-state index contributed by atoms with van der Waals surface area (Å²) < 4.78 is 17.0. The van der Waals surface area contributed by atoms with Gasteiger partial charge in [-0.05, 0) is 50.6 Å². The zero-order chi connectivity index (χ0) is 39.4. The molecule has 13 nitrogen and oxygen atoms in total. The van der Waals surface area contributed by atoms with Crippen LogP contribution in [0.5, 0.6) is 0 Å². The van der Waals surface area contributed by atoms with Crippen LogP contribution in [-0.4, -0.2) is 112 Å². The molecule has 3 amide bonds. The van der Waals surface area contributed by atoms with Crippen molar-refractivity contribution >= 4 is 29.5 Å². The lowest BCUT2D eigenvalue weighted by Crippen LogP contribution is -2.63. The molecule has 5 N–H and O–H groups in total. The zero-order valence-corrected chi connectivity index (χ0v) is 33.2. The molecule has 13 heteroatoms. The third kappa shape index (κ3) is 10.8. The van der Waals surface area contributed by atoms with E-state index in [4.69, 9.17) is 19.9 Å². The highest BCUT2D eigenvalue weighted by Crippen LogP contribution is 2.34. The standard InChI is InChI=1S/C39H65N5O8/c1-12-25(4)32(44(8)35(47)31(24(2)3)43-37(49)38(6,7)23-40)29(50-9)22-30(45)39(19-16-20-41-39)33(51-10)26(5)34(46)42-28(36(48)52-11)21-27-17-14-13-15-18-27/h13-15,17-18,24-26,28-29,31-33,41H,12,16,19-23,40H2,1-11H3,(H,42,46)(H,43,49)/t25-,26+,28-,29+,31-,32-,33+,39+/m0/s1. The first-order valence-corrected chi connectivity index (χ1v) is 18.5. The minimum Gasteiger partial charge on any atom is -0.467 e. The quantitative estimate of drug-likeness (QED) is 0.138. The number of carbonyl (C=O) groups is 5. The van der Waals surface area contributed by atoms with Gasteiger partial charge < -0.3 is 40.8 Å². The number of Topliss-reactive ketones (excluding diaryl/α,β-unsaturated/α-hetero) is 1. The topological polar surface area (TPSA) is 178 Å². The highest BCUT2D eigenvalue weighted by atomic mass is 16.5. The van der Waals surface area contributed by atoms with Gasteiger partial charge in [0.2, 0.25) is 17.7 Å². The van der Waals surface area contributed by atoms with Crippen molar-refractivity contribution in [2.75, 3.05) is 41.5 Å². The van der Waals surface area contributed by atoms with E-state index in [9.17, 15) is 24.0 Å². The number of esters is 1. The van der Waals surface area contributed by atoms with E-state index < -0.39 is 59.1 Å². The number of nitrogens with two attached hydrogens (primary N) is 1. The Kier molecular flexibility index (Phi) is 17.4. The summed E-state index contributed by atoms with van der Waals surface area (Å²) in [6.07, 6.45) is 0.362. The molecule has 1 heterocycles. The van der Waals surface area contributed by atoms with Crippen molar-refractivity contribution in [2.45, 2.75) is 116 Å². The number of nitrogens with zero attached hydrogens (tertiary/aromatic N) is 1. The molecule has 1 aromatic rings. The van der Waals surface area contributed by atoms with Crippen LogP contribution in [0, 0.1) is 23.2 Å². The highest BCUT2D eigenvalue weighted by Gasteiger charge is 2.52. The molecule has 1 aliphatic rings. The highest BCUT2D eigenvalue weighted by molar-refractivity contribution is 5.93. The van der Waals surface area contributed by atoms with Crippen molar-refractivity contribution in [3.05, 3.63) is 35.9 Å². The minimum absolute atomic E-state index is 0.0674. The molecule has 0 spiro atoms. The van der Waals surface area contributed by atoms with Gasteiger partial charge in [-0.2, -0.15) is 0 Å². The fraction of sp³-hybridized carbons (Fsp3) is 0.718. The van der Waals surface area contributed by atoms with Gasteiger partial charge in [-0.25, -0.2) is 4.79 Å². The first-order chi connectivity index (χ1) is 24.5. The average Bonchev–Trinajstić information content (AvgIpc) is 3.63. The number of amides is 3. The van der Waals surface area contributed by atoms with Gasteiger partial charge in [-0.3, -0.25) is 19.2 Å². The van der Waals surface area contributed by atoms with Crippen LogP contribution in [0.2, 0.25) is 0 Å². The predicted octanol–water partition coefficient (Wildman–Crippen LogP) is 2.63. The van der Waals surface area contributed by atoms with E-state index >= 15 is 0 Å². The summed E-state index contributed by atoms with van der Waals surface area (Å²) in [6, 6.07) is 7.03. The van der Waals surface area contributed by atoms with Gasteiger partial charge in [-0.15, -0.1) is 0 Å². The zero-order valence-electron chi connectivity index (χ0n) is 33.2. The van der Waals surface area contributed by atoms with E-state index in [0.717, 1.165) is 5.56 Å². The molecule has 1 fully saturated rings. The molecule has 1 saturated heterocycles. The van der Waals surface area contributed by atoms with Crippen LogP contribution in [-0.2, 0) is 44.6 Å². The summed E-state index contributed by atoms with van der Waals surface area (Å²) in [6.45, 7) is 13.6. The van der Waals surface area contributed by atoms with E-state index in [1.807, 2.05) is 58.0 Å². The Balaban J connectivity index is 2.40. The van der Waals surface area contributed by atoms with Crippen molar-refractivity contribution in [3.63, 3.8) is 0 Å². The normalized spacial score (nSPS) is 20.2. The van der Waals surface area contributed by atoms with Crippen molar-refractivity contribution in [2.24, 2.45) is 28.9 Å². The number of methoxy groups -OCH3 is 3. The Morgan fingerprint density at radius 3 is 2.12 bits per heavy atom. The van der Waals surface area contributed by atoms with E-state index in [0.29, 0.717) is 25.8 Å². The molecular weight excluding hydrogens is 666 g/mol. The van der Waals surface area contributed by atoms with Crippen molar-refractivity contribution in [1.29, 1.82) is 0 Å². The lowest BCUT2D eigenvalue weighted by atomic mass is 9.76. The molecule has 0 radical (unpaired) electrons. The number of likely N-dealkylation sites (N-methyl/N-ethyl adjacent to an activating group) is 1. The second-order valence-corrected chi connectivity index (χ2v) is 15.2. The number of ketones is 1. The monoisotopic (exact) mass is 731 g/mol. The summed E-state index contributed by atoms with van der Waals surface area (Å²) in [5.74, 6) is -2.99. The Morgan fingerprint density at radius 1 is 1.00 bits per heavy atom. The molecule has 1 aromatic carbocycles. The maximum absolute atomic E-state index is 14.6. The summed E-state index contributed by atoms with van der Waals surface area (Å²) in [7, 11) is 5.96. The SMILES string of the molecule is CC[C@H](C)[C@@H]([C@@H](CC(=O)[C@@]1([C@H](OC)[C@@H](C)C(=O)N[C@@H](Cc2ccccc2)C(=O)OC)CCCN1)OC)N(C)C(=O)[C@@H](NC(=O)C(C)(C)CN)C(C)C. The molecule has 0 unspecified atom stereocenters. The number of ether oxygens (including phenoxy) is 3. The maximum Gasteiger partial charge on any atom is 0.328 e. The van der Waals surface area contributed by atoms with Gasteiger partial charge in [0, 0.05) is 40.7 Å². The molecule has 0 bridgehead atoms. The Labute approximate surface area is 310 Å². The molecule has 1 aliphatic heterocycles. The molecule has 52 heavy (non-hydrogen) atoms. The number of hydrogen-bond donors (Lipinski definition) is 4. The van der Waals surface area contributed by atoms with E-state index in [2.05, 4.69) is 16.0 Å². The summed E-state index contributed by atoms with van der Waals surface area (Å²) >= 11 is 0. The van der Waals surface area contributed by atoms with Crippen molar-refractivity contribution in [3.8, 4) is 0 Å². The smallest absolute Gasteiger partial charge is 0.328 e. The minimum atomic E-state index is -1.23. The third-order valence-electron chi connectivity index (χ3n) is 10.8. The lowest BCUT2D eigenvalue weighted by molar-refractivity contribution is -0.149. The Hall–Kier alpha value is -3.39. The van der Waals surface area contributed by atoms with E-state index in [1.165, 1.54) is 21.3 Å². The first-order valence-electron chi connectivity index (χ1n) is 18.5. The predicted molar refractivity (Wildman–Crippen MR) is 200 cm³/mol. The third-order valence-corrected chi connectivity index (χ3v) is 10.8. The number of carbonyl (C=O) groups excluding carboxylic acids is 5. The summed E-state index contributed by atoms with van der Waals surface area (Å²) in [5, 5.41) is 9.14. The molecule has 0 saturated carbocycles.